The molecule has 1 heterocycles. The number of aliphatic carboxylic acids is 1. The fraction of sp³-hybridized carbons (Fsp3) is 0.643. The molecule has 0 bridgehead atoms. The van der Waals surface area contributed by atoms with E-state index in [1.165, 1.54) is 40.9 Å². The van der Waals surface area contributed by atoms with Gasteiger partial charge >= 0.3 is 5.97 Å². The van der Waals surface area contributed by atoms with Crippen molar-refractivity contribution in [2.45, 2.75) is 114 Å². The second kappa shape index (κ2) is 29.9. The van der Waals surface area contributed by atoms with Crippen LogP contribution >= 0.6 is 11.8 Å². The first kappa shape index (κ1) is 57.5. The molecule has 1 aliphatic heterocycles. The third-order valence-electron chi connectivity index (χ3n) is 11.1. The molecule has 376 valence electrons. The zero-order chi connectivity index (χ0) is 50.2. The second-order valence-corrected chi connectivity index (χ2v) is 17.0. The van der Waals surface area contributed by atoms with Gasteiger partial charge in [0.25, 0.3) is 0 Å². The topological polar surface area (TPSA) is 394 Å². The molecular weight excluding hydrogens is 901 g/mol. The normalized spacial score (nSPS) is 17.0. The van der Waals surface area contributed by atoms with E-state index >= 15 is 0 Å². The number of phenolic OH excluding ortho intramolecular Hbond substituents is 1. The average Bonchev–Trinajstić information content (AvgIpc) is 3.81. The minimum atomic E-state index is -1.72. The molecule has 0 spiro atoms. The van der Waals surface area contributed by atoms with Crippen LogP contribution in [0.2, 0.25) is 0 Å². The van der Waals surface area contributed by atoms with Gasteiger partial charge in [0.15, 0.2) is 0 Å². The highest BCUT2D eigenvalue weighted by Crippen LogP contribution is 2.18. The first-order valence-corrected chi connectivity index (χ1v) is 23.4. The Balaban J connectivity index is 2.33. The summed E-state index contributed by atoms with van der Waals surface area (Å²) in [7, 11) is 0. The van der Waals surface area contributed by atoms with Gasteiger partial charge in [0, 0.05) is 13.0 Å². The van der Waals surface area contributed by atoms with Crippen LogP contribution in [0.4, 0.5) is 0 Å². The lowest BCUT2D eigenvalue weighted by Gasteiger charge is -2.29. The van der Waals surface area contributed by atoms with Gasteiger partial charge in [0.2, 0.25) is 47.3 Å². The van der Waals surface area contributed by atoms with Crippen LogP contribution in [0, 0.1) is 5.92 Å². The molecule has 0 unspecified atom stereocenters. The Morgan fingerprint density at radius 2 is 1.21 bits per heavy atom. The Hall–Kier alpha value is -5.60. The third-order valence-corrected chi connectivity index (χ3v) is 11.7. The zero-order valence-corrected chi connectivity index (χ0v) is 38.8. The summed E-state index contributed by atoms with van der Waals surface area (Å²) in [5.41, 5.74) is 11.6. The van der Waals surface area contributed by atoms with E-state index in [1.807, 2.05) is 0 Å². The van der Waals surface area contributed by atoms with Gasteiger partial charge in [-0.3, -0.25) is 38.4 Å². The van der Waals surface area contributed by atoms with Crippen LogP contribution in [0.25, 0.3) is 0 Å². The van der Waals surface area contributed by atoms with E-state index in [9.17, 15) is 68.7 Å². The summed E-state index contributed by atoms with van der Waals surface area (Å²) in [4.78, 5) is 120. The molecule has 1 aromatic rings. The van der Waals surface area contributed by atoms with Crippen molar-refractivity contribution >= 4 is 65.0 Å². The smallest absolute Gasteiger partial charge is 0.328 e. The van der Waals surface area contributed by atoms with E-state index in [0.29, 0.717) is 37.0 Å². The highest BCUT2D eigenvalue weighted by Gasteiger charge is 2.38. The molecule has 0 aromatic heterocycles. The molecule has 1 aliphatic rings. The molecule has 0 aliphatic carbocycles. The maximum absolute atomic E-state index is 14.0. The lowest BCUT2D eigenvalue weighted by molar-refractivity contribution is -0.143. The molecular formula is C42H68N10O14S. The third kappa shape index (κ3) is 18.5. The molecule has 25 heteroatoms. The Kier molecular flexibility index (Phi) is 25.7. The molecule has 24 nitrogen and oxygen atoms in total. The summed E-state index contributed by atoms with van der Waals surface area (Å²) >= 11 is 1.35. The molecule has 9 atom stereocenters. The van der Waals surface area contributed by atoms with Crippen LogP contribution in [0.15, 0.2) is 24.3 Å². The van der Waals surface area contributed by atoms with Gasteiger partial charge in [-0.05, 0) is 80.7 Å². The number of amides is 8. The number of nitrogens with zero attached hydrogens (tertiary/aromatic N) is 1. The van der Waals surface area contributed by atoms with E-state index < -0.39 is 127 Å². The largest absolute Gasteiger partial charge is 0.508 e. The lowest BCUT2D eigenvalue weighted by atomic mass is 9.97. The molecule has 1 aromatic carbocycles. The SMILES string of the molecule is CC[C@H](C)[C@H](NC(=O)[C@H](CO)NC(=O)[C@H](Cc1ccc(O)cc1)NC(=O)[C@H](CO)NC(=O)[C@@H]1CCCN1C(=O)CN)C(=O)N[C@@H](CCCCN)C(=O)N[C@@H](CCSC)C(=O)N[C@@H](CO)C(=O)O. The molecule has 1 fully saturated rings. The van der Waals surface area contributed by atoms with Crippen molar-refractivity contribution in [3.05, 3.63) is 29.8 Å². The molecule has 0 radical (unpaired) electrons. The van der Waals surface area contributed by atoms with Crippen LogP contribution in [0.5, 0.6) is 5.75 Å². The Morgan fingerprint density at radius 3 is 1.76 bits per heavy atom. The van der Waals surface area contributed by atoms with Crippen LogP contribution in [0.3, 0.4) is 0 Å². The van der Waals surface area contributed by atoms with Crippen LogP contribution in [-0.2, 0) is 49.6 Å². The van der Waals surface area contributed by atoms with Crippen LogP contribution < -0.4 is 48.7 Å². The van der Waals surface area contributed by atoms with Gasteiger partial charge in [0.1, 0.15) is 54.1 Å². The summed E-state index contributed by atoms with van der Waals surface area (Å²) in [5, 5.41) is 66.2. The number of nitrogens with two attached hydrogens (primary N) is 2. The highest BCUT2D eigenvalue weighted by molar-refractivity contribution is 7.98. The number of carbonyl (C=O) groups excluding carboxylic acids is 8. The summed E-state index contributed by atoms with van der Waals surface area (Å²) in [5.74, 6) is -8.62. The van der Waals surface area contributed by atoms with Crippen molar-refractivity contribution in [1.29, 1.82) is 0 Å². The van der Waals surface area contributed by atoms with Gasteiger partial charge in [-0.2, -0.15) is 11.8 Å². The Morgan fingerprint density at radius 1 is 0.701 bits per heavy atom. The number of carboxylic acids is 1. The average molecular weight is 969 g/mol. The monoisotopic (exact) mass is 968 g/mol. The van der Waals surface area contributed by atoms with Gasteiger partial charge < -0.3 is 79.1 Å². The first-order chi connectivity index (χ1) is 31.9. The summed E-state index contributed by atoms with van der Waals surface area (Å²) < 4.78 is 0. The van der Waals surface area contributed by atoms with E-state index in [-0.39, 0.29) is 51.1 Å². The van der Waals surface area contributed by atoms with Crippen molar-refractivity contribution in [2.24, 2.45) is 17.4 Å². The summed E-state index contributed by atoms with van der Waals surface area (Å²) in [6.07, 6.45) is 3.50. The lowest BCUT2D eigenvalue weighted by Crippen LogP contribution is -2.62. The van der Waals surface area contributed by atoms with Crippen LogP contribution in [0.1, 0.15) is 64.4 Å². The number of unbranched alkanes of at least 4 members (excludes halogenated alkanes) is 1. The number of carboxylic acid groups (broad SMARTS) is 1. The van der Waals surface area contributed by atoms with Crippen molar-refractivity contribution in [2.75, 3.05) is 51.5 Å². The highest BCUT2D eigenvalue weighted by atomic mass is 32.2. The number of phenols is 1. The van der Waals surface area contributed by atoms with Gasteiger partial charge in [-0.1, -0.05) is 32.4 Å². The zero-order valence-electron chi connectivity index (χ0n) is 38.0. The second-order valence-electron chi connectivity index (χ2n) is 16.0. The number of aliphatic hydroxyl groups is 3. The Bertz CT molecular complexity index is 1830. The number of hydrogen-bond donors (Lipinski definition) is 14. The number of nitrogens with one attached hydrogen (secondary N) is 7. The van der Waals surface area contributed by atoms with Gasteiger partial charge in [-0.15, -0.1) is 0 Å². The number of likely N-dealkylation sites (tertiary alicyclic amines) is 1. The van der Waals surface area contributed by atoms with E-state index in [4.69, 9.17) is 11.5 Å². The molecule has 2 rings (SSSR count). The van der Waals surface area contributed by atoms with Crippen LogP contribution in [-0.4, -0.2) is 183 Å². The molecule has 0 saturated carbocycles. The fourth-order valence-corrected chi connectivity index (χ4v) is 7.42. The van der Waals surface area contributed by atoms with Crippen molar-refractivity contribution in [3.63, 3.8) is 0 Å². The van der Waals surface area contributed by atoms with E-state index in [0.717, 1.165) is 0 Å². The molecule has 8 amide bonds. The number of thioether (sulfide) groups is 1. The summed E-state index contributed by atoms with van der Waals surface area (Å²) in [6, 6.07) is -5.77. The Labute approximate surface area is 392 Å². The van der Waals surface area contributed by atoms with Gasteiger partial charge in [-0.25, -0.2) is 4.79 Å². The number of aromatic hydroxyl groups is 1. The van der Waals surface area contributed by atoms with Crippen molar-refractivity contribution in [3.8, 4) is 5.75 Å². The van der Waals surface area contributed by atoms with Crippen molar-refractivity contribution in [1.82, 2.24) is 42.1 Å². The maximum Gasteiger partial charge on any atom is 0.328 e. The van der Waals surface area contributed by atoms with E-state index in [1.54, 1.807) is 20.1 Å². The number of carbonyl (C=O) groups is 9. The standard InChI is InChI=1S/C42H68N10O14S/c1-4-23(2)34(41(64)46-26(8-5-6-15-43)35(58)45-27(14-17-67-3)36(59)50-31(22-55)42(65)66)51-39(62)30(21-54)48-37(60)28(18-24-10-12-25(56)13-11-24)47-38(61)29(20-53)49-40(63)32-9-7-16-52(32)33(57)19-44/h10-13,23,26-32,34,53-56H,4-9,14-22,43-44H2,1-3H3,(H,45,58)(H,46,64)(H,47,61)(H,48,60)(H,49,63)(H,50,59)(H,51,62)(H,65,66)/t23-,26-,27-,28-,29-,30-,31-,32-,34-/m0/s1. The molecule has 67 heavy (non-hydrogen) atoms. The summed E-state index contributed by atoms with van der Waals surface area (Å²) in [6.45, 7) is 0.717. The molecule has 16 N–H and O–H groups in total. The predicted octanol–water partition coefficient (Wildman–Crippen LogP) is -4.73. The number of benzene rings is 1. The minimum Gasteiger partial charge on any atom is -0.508 e. The van der Waals surface area contributed by atoms with Gasteiger partial charge in [0.05, 0.1) is 26.4 Å². The fourth-order valence-electron chi connectivity index (χ4n) is 6.95. The van der Waals surface area contributed by atoms with E-state index in [2.05, 4.69) is 37.2 Å². The predicted molar refractivity (Wildman–Crippen MR) is 243 cm³/mol. The number of aliphatic hydroxyl groups excluding tert-OH is 3. The quantitative estimate of drug-likeness (QED) is 0.0322. The molecule has 1 saturated heterocycles. The number of hydrogen-bond acceptors (Lipinski definition) is 16. The van der Waals surface area contributed by atoms with Crippen molar-refractivity contribution < 1.29 is 68.7 Å². The maximum atomic E-state index is 14.0. The minimum absolute atomic E-state index is 0.0401. The number of rotatable bonds is 30. The first-order valence-electron chi connectivity index (χ1n) is 22.0.